The molecular weight excluding hydrogens is 186 g/mol. The molecule has 0 saturated heterocycles. The maximum Gasteiger partial charge on any atom is 0.124 e. The minimum atomic E-state index is 0.130. The topological polar surface area (TPSA) is 35.2 Å². The van der Waals surface area contributed by atoms with E-state index in [1.54, 1.807) is 0 Å². The zero-order valence-corrected chi connectivity index (χ0v) is 9.49. The Morgan fingerprint density at radius 1 is 1.47 bits per heavy atom. The lowest BCUT2D eigenvalue weighted by Gasteiger charge is -2.29. The van der Waals surface area contributed by atoms with E-state index in [4.69, 9.17) is 10.5 Å². The Balaban J connectivity index is 2.32. The zero-order valence-electron chi connectivity index (χ0n) is 9.49. The first-order chi connectivity index (χ1) is 7.22. The molecule has 0 bridgehead atoms. The molecule has 0 radical (unpaired) electrons. The van der Waals surface area contributed by atoms with Crippen LogP contribution in [0.1, 0.15) is 37.4 Å². The fourth-order valence-corrected chi connectivity index (χ4v) is 2.07. The van der Waals surface area contributed by atoms with Crippen molar-refractivity contribution in [3.63, 3.8) is 0 Å². The Kier molecular flexibility index (Phi) is 2.96. The Bertz CT molecular complexity index is 348. The Morgan fingerprint density at radius 3 is 3.00 bits per heavy atom. The number of rotatable bonds is 2. The van der Waals surface area contributed by atoms with Crippen LogP contribution in [0.2, 0.25) is 0 Å². The molecule has 2 N–H and O–H groups in total. The normalized spacial score (nSPS) is 24.5. The monoisotopic (exact) mass is 205 g/mol. The first-order valence-corrected chi connectivity index (χ1v) is 5.73. The number of fused-ring (bicyclic) bond motifs is 1. The number of ether oxygens (including phenoxy) is 1. The number of benzene rings is 1. The molecule has 0 saturated carbocycles. The SMILES string of the molecule is CCCc1ccc2c(c1)C(N)C(C)CO2. The van der Waals surface area contributed by atoms with Gasteiger partial charge in [-0.1, -0.05) is 32.4 Å². The largest absolute Gasteiger partial charge is 0.493 e. The van der Waals surface area contributed by atoms with Gasteiger partial charge < -0.3 is 10.5 Å². The molecule has 2 rings (SSSR count). The van der Waals surface area contributed by atoms with Crippen LogP contribution < -0.4 is 10.5 Å². The standard InChI is InChI=1S/C13H19NO/c1-3-4-10-5-6-12-11(7-10)13(14)9(2)8-15-12/h5-7,9,13H,3-4,8,14H2,1-2H3. The summed E-state index contributed by atoms with van der Waals surface area (Å²) in [4.78, 5) is 0. The molecule has 0 amide bonds. The molecule has 0 aliphatic carbocycles. The maximum absolute atomic E-state index is 6.17. The lowest BCUT2D eigenvalue weighted by molar-refractivity contribution is 0.207. The lowest BCUT2D eigenvalue weighted by Crippen LogP contribution is -2.29. The zero-order chi connectivity index (χ0) is 10.8. The van der Waals surface area contributed by atoms with Crippen LogP contribution in [-0.2, 0) is 6.42 Å². The van der Waals surface area contributed by atoms with Gasteiger partial charge in [-0.3, -0.25) is 0 Å². The van der Waals surface area contributed by atoms with E-state index in [-0.39, 0.29) is 6.04 Å². The van der Waals surface area contributed by atoms with Gasteiger partial charge in [0, 0.05) is 17.5 Å². The molecule has 1 aromatic rings. The van der Waals surface area contributed by atoms with E-state index in [1.807, 2.05) is 0 Å². The quantitative estimate of drug-likeness (QED) is 0.805. The molecule has 2 heteroatoms. The molecule has 0 aromatic heterocycles. The van der Waals surface area contributed by atoms with Crippen molar-refractivity contribution < 1.29 is 4.74 Å². The van der Waals surface area contributed by atoms with E-state index in [9.17, 15) is 0 Å². The van der Waals surface area contributed by atoms with E-state index in [0.29, 0.717) is 5.92 Å². The summed E-state index contributed by atoms with van der Waals surface area (Å²) in [5.74, 6) is 1.38. The van der Waals surface area contributed by atoms with E-state index in [0.717, 1.165) is 18.8 Å². The second-order valence-corrected chi connectivity index (χ2v) is 4.44. The fourth-order valence-electron chi connectivity index (χ4n) is 2.07. The third kappa shape index (κ3) is 2.00. The van der Waals surface area contributed by atoms with Crippen LogP contribution in [0.15, 0.2) is 18.2 Å². The number of hydrogen-bond donors (Lipinski definition) is 1. The highest BCUT2D eigenvalue weighted by atomic mass is 16.5. The Hall–Kier alpha value is -1.02. The van der Waals surface area contributed by atoms with Gasteiger partial charge in [-0.25, -0.2) is 0 Å². The highest BCUT2D eigenvalue weighted by Gasteiger charge is 2.24. The summed E-state index contributed by atoms with van der Waals surface area (Å²) in [6, 6.07) is 6.54. The summed E-state index contributed by atoms with van der Waals surface area (Å²) in [6.07, 6.45) is 2.29. The van der Waals surface area contributed by atoms with Crippen molar-refractivity contribution in [3.8, 4) is 5.75 Å². The van der Waals surface area contributed by atoms with Crippen LogP contribution in [0.4, 0.5) is 0 Å². The summed E-state index contributed by atoms with van der Waals surface area (Å²) < 4.78 is 5.66. The van der Waals surface area contributed by atoms with Crippen molar-refractivity contribution in [2.45, 2.75) is 32.7 Å². The molecule has 15 heavy (non-hydrogen) atoms. The molecule has 2 nitrogen and oxygen atoms in total. The van der Waals surface area contributed by atoms with Crippen molar-refractivity contribution in [2.75, 3.05) is 6.61 Å². The van der Waals surface area contributed by atoms with Crippen LogP contribution in [0, 0.1) is 5.92 Å². The summed E-state index contributed by atoms with van der Waals surface area (Å²) in [5, 5.41) is 0. The molecule has 0 spiro atoms. The predicted molar refractivity (Wildman–Crippen MR) is 62.0 cm³/mol. The maximum atomic E-state index is 6.17. The van der Waals surface area contributed by atoms with Crippen LogP contribution in [0.3, 0.4) is 0 Å². The predicted octanol–water partition coefficient (Wildman–Crippen LogP) is 2.67. The van der Waals surface area contributed by atoms with Gasteiger partial charge in [-0.15, -0.1) is 0 Å². The van der Waals surface area contributed by atoms with E-state index >= 15 is 0 Å². The minimum absolute atomic E-state index is 0.130. The van der Waals surface area contributed by atoms with Gasteiger partial charge >= 0.3 is 0 Å². The summed E-state index contributed by atoms with van der Waals surface area (Å²) in [5.41, 5.74) is 8.72. The van der Waals surface area contributed by atoms with Gasteiger partial charge in [-0.2, -0.15) is 0 Å². The van der Waals surface area contributed by atoms with Crippen molar-refractivity contribution in [3.05, 3.63) is 29.3 Å². The third-order valence-corrected chi connectivity index (χ3v) is 3.09. The van der Waals surface area contributed by atoms with E-state index < -0.39 is 0 Å². The van der Waals surface area contributed by atoms with Gasteiger partial charge in [0.2, 0.25) is 0 Å². The van der Waals surface area contributed by atoms with Crippen LogP contribution in [0.5, 0.6) is 5.75 Å². The summed E-state index contributed by atoms with van der Waals surface area (Å²) in [6.45, 7) is 5.07. The highest BCUT2D eigenvalue weighted by molar-refractivity contribution is 5.41. The van der Waals surface area contributed by atoms with Crippen LogP contribution >= 0.6 is 0 Å². The second-order valence-electron chi connectivity index (χ2n) is 4.44. The van der Waals surface area contributed by atoms with Crippen LogP contribution in [-0.4, -0.2) is 6.61 Å². The Labute approximate surface area is 91.4 Å². The minimum Gasteiger partial charge on any atom is -0.493 e. The smallest absolute Gasteiger partial charge is 0.124 e. The Morgan fingerprint density at radius 2 is 2.27 bits per heavy atom. The van der Waals surface area contributed by atoms with Gasteiger partial charge in [0.15, 0.2) is 0 Å². The molecule has 1 aliphatic heterocycles. The first-order valence-electron chi connectivity index (χ1n) is 5.73. The van der Waals surface area contributed by atoms with Crippen molar-refractivity contribution in [2.24, 2.45) is 11.7 Å². The van der Waals surface area contributed by atoms with E-state index in [1.165, 1.54) is 17.5 Å². The van der Waals surface area contributed by atoms with Crippen molar-refractivity contribution in [1.82, 2.24) is 0 Å². The molecule has 82 valence electrons. The molecule has 0 fully saturated rings. The molecule has 1 aliphatic rings. The number of nitrogens with two attached hydrogens (primary N) is 1. The molecule has 2 atom stereocenters. The van der Waals surface area contributed by atoms with Gasteiger partial charge in [0.25, 0.3) is 0 Å². The average molecular weight is 205 g/mol. The van der Waals surface area contributed by atoms with Gasteiger partial charge in [0.05, 0.1) is 6.61 Å². The lowest BCUT2D eigenvalue weighted by atomic mass is 9.91. The van der Waals surface area contributed by atoms with Crippen molar-refractivity contribution in [1.29, 1.82) is 0 Å². The first kappa shape index (κ1) is 10.5. The van der Waals surface area contributed by atoms with E-state index in [2.05, 4.69) is 32.0 Å². The summed E-state index contributed by atoms with van der Waals surface area (Å²) >= 11 is 0. The second kappa shape index (κ2) is 4.23. The van der Waals surface area contributed by atoms with Gasteiger partial charge in [0.1, 0.15) is 5.75 Å². The fraction of sp³-hybridized carbons (Fsp3) is 0.538. The van der Waals surface area contributed by atoms with Crippen molar-refractivity contribution >= 4 is 0 Å². The number of aryl methyl sites for hydroxylation is 1. The highest BCUT2D eigenvalue weighted by Crippen LogP contribution is 2.34. The molecular formula is C13H19NO. The molecule has 1 heterocycles. The third-order valence-electron chi connectivity index (χ3n) is 3.09. The molecule has 2 unspecified atom stereocenters. The van der Waals surface area contributed by atoms with Gasteiger partial charge in [-0.05, 0) is 18.1 Å². The van der Waals surface area contributed by atoms with Crippen LogP contribution in [0.25, 0.3) is 0 Å². The number of hydrogen-bond acceptors (Lipinski definition) is 2. The average Bonchev–Trinajstić information content (AvgIpc) is 2.25. The summed E-state index contributed by atoms with van der Waals surface area (Å²) in [7, 11) is 0. The molecule has 1 aromatic carbocycles.